The van der Waals surface area contributed by atoms with Crippen LogP contribution in [-0.4, -0.2) is 46.1 Å². The molecule has 5 heteroatoms. The summed E-state index contributed by atoms with van der Waals surface area (Å²) in [4.78, 5) is 11.2. The van der Waals surface area contributed by atoms with Crippen molar-refractivity contribution < 1.29 is 19.0 Å². The lowest BCUT2D eigenvalue weighted by Crippen LogP contribution is -2.17. The highest BCUT2D eigenvalue weighted by Crippen LogP contribution is 2.01. The second kappa shape index (κ2) is 10.9. The summed E-state index contributed by atoms with van der Waals surface area (Å²) in [7, 11) is 1.63. The fraction of sp³-hybridized carbons (Fsp3) is 0.909. The number of esters is 1. The highest BCUT2D eigenvalue weighted by atomic mass is 16.5. The van der Waals surface area contributed by atoms with Crippen molar-refractivity contribution >= 4 is 5.97 Å². The van der Waals surface area contributed by atoms with Gasteiger partial charge in [0.25, 0.3) is 0 Å². The molecule has 0 fully saturated rings. The first-order chi connectivity index (χ1) is 7.70. The van der Waals surface area contributed by atoms with E-state index in [1.54, 1.807) is 7.11 Å². The van der Waals surface area contributed by atoms with Crippen molar-refractivity contribution in [2.75, 3.05) is 40.1 Å². The minimum atomic E-state index is -0.185. The Bertz CT molecular complexity index is 175. The molecule has 0 aromatic carbocycles. The Kier molecular flexibility index (Phi) is 10.4. The molecule has 0 saturated carbocycles. The first-order valence-corrected chi connectivity index (χ1v) is 5.63. The van der Waals surface area contributed by atoms with E-state index in [1.165, 1.54) is 0 Å². The fourth-order valence-corrected chi connectivity index (χ4v) is 1.02. The molecule has 96 valence electrons. The standard InChI is InChI=1S/C11H23NO4/c1-10(9-12)8-11(13)16-5-3-4-15-7-6-14-2/h10H,3-9,12H2,1-2H3. The van der Waals surface area contributed by atoms with Crippen molar-refractivity contribution in [1.82, 2.24) is 0 Å². The van der Waals surface area contributed by atoms with Crippen LogP contribution in [0.5, 0.6) is 0 Å². The largest absolute Gasteiger partial charge is 0.466 e. The van der Waals surface area contributed by atoms with E-state index < -0.39 is 0 Å². The highest BCUT2D eigenvalue weighted by Gasteiger charge is 2.07. The Hall–Kier alpha value is -0.650. The first kappa shape index (κ1) is 15.3. The molecule has 2 N–H and O–H groups in total. The van der Waals surface area contributed by atoms with Crippen LogP contribution in [0, 0.1) is 5.92 Å². The predicted octanol–water partition coefficient (Wildman–Crippen LogP) is 0.568. The third-order valence-corrected chi connectivity index (χ3v) is 2.05. The molecule has 0 bridgehead atoms. The van der Waals surface area contributed by atoms with Gasteiger partial charge in [-0.2, -0.15) is 0 Å². The van der Waals surface area contributed by atoms with Crippen LogP contribution in [0.1, 0.15) is 19.8 Å². The fourth-order valence-electron chi connectivity index (χ4n) is 1.02. The molecule has 0 saturated heterocycles. The minimum absolute atomic E-state index is 0.185. The van der Waals surface area contributed by atoms with Crippen molar-refractivity contribution in [2.24, 2.45) is 11.7 Å². The van der Waals surface area contributed by atoms with E-state index in [0.29, 0.717) is 45.8 Å². The maximum Gasteiger partial charge on any atom is 0.306 e. The number of methoxy groups -OCH3 is 1. The monoisotopic (exact) mass is 233 g/mol. The number of carbonyl (C=O) groups is 1. The summed E-state index contributed by atoms with van der Waals surface area (Å²) in [5.41, 5.74) is 5.40. The Morgan fingerprint density at radius 1 is 1.25 bits per heavy atom. The normalized spacial score (nSPS) is 12.4. The van der Waals surface area contributed by atoms with Gasteiger partial charge in [0.1, 0.15) is 0 Å². The Labute approximate surface area is 97.2 Å². The molecule has 0 aliphatic carbocycles. The van der Waals surface area contributed by atoms with Gasteiger partial charge in [-0.1, -0.05) is 6.92 Å². The Balaban J connectivity index is 3.21. The zero-order chi connectivity index (χ0) is 12.2. The van der Waals surface area contributed by atoms with E-state index in [0.717, 1.165) is 0 Å². The van der Waals surface area contributed by atoms with Crippen LogP contribution in [0.4, 0.5) is 0 Å². The molecule has 1 atom stereocenters. The van der Waals surface area contributed by atoms with Crippen LogP contribution in [0.2, 0.25) is 0 Å². The van der Waals surface area contributed by atoms with Gasteiger partial charge in [-0.25, -0.2) is 0 Å². The molecular weight excluding hydrogens is 210 g/mol. The van der Waals surface area contributed by atoms with Crippen molar-refractivity contribution in [2.45, 2.75) is 19.8 Å². The van der Waals surface area contributed by atoms with Gasteiger partial charge < -0.3 is 19.9 Å². The lowest BCUT2D eigenvalue weighted by atomic mass is 10.1. The number of rotatable bonds is 10. The van der Waals surface area contributed by atoms with E-state index in [4.69, 9.17) is 19.9 Å². The summed E-state index contributed by atoms with van der Waals surface area (Å²) in [5.74, 6) is 0.000273. The molecule has 1 unspecified atom stereocenters. The molecule has 16 heavy (non-hydrogen) atoms. The summed E-state index contributed by atoms with van der Waals surface area (Å²) in [6.07, 6.45) is 1.10. The van der Waals surface area contributed by atoms with Gasteiger partial charge in [0, 0.05) is 26.6 Å². The van der Waals surface area contributed by atoms with Gasteiger partial charge in [0.05, 0.1) is 19.8 Å². The number of hydrogen-bond acceptors (Lipinski definition) is 5. The van der Waals surface area contributed by atoms with E-state index in [-0.39, 0.29) is 11.9 Å². The second-order valence-electron chi connectivity index (χ2n) is 3.72. The van der Waals surface area contributed by atoms with E-state index >= 15 is 0 Å². The smallest absolute Gasteiger partial charge is 0.306 e. The van der Waals surface area contributed by atoms with E-state index in [9.17, 15) is 4.79 Å². The van der Waals surface area contributed by atoms with Gasteiger partial charge in [-0.3, -0.25) is 4.79 Å². The average molecular weight is 233 g/mol. The van der Waals surface area contributed by atoms with Crippen molar-refractivity contribution in [3.63, 3.8) is 0 Å². The molecule has 0 rings (SSSR count). The van der Waals surface area contributed by atoms with Crippen LogP contribution >= 0.6 is 0 Å². The number of carbonyl (C=O) groups excluding carboxylic acids is 1. The van der Waals surface area contributed by atoms with Gasteiger partial charge in [0.15, 0.2) is 0 Å². The molecule has 5 nitrogen and oxygen atoms in total. The molecular formula is C11H23NO4. The lowest BCUT2D eigenvalue weighted by molar-refractivity contribution is -0.145. The SMILES string of the molecule is COCCOCCCOC(=O)CC(C)CN. The van der Waals surface area contributed by atoms with E-state index in [1.807, 2.05) is 6.92 Å². The third kappa shape index (κ3) is 9.89. The minimum Gasteiger partial charge on any atom is -0.466 e. The maximum atomic E-state index is 11.2. The molecule has 0 spiro atoms. The quantitative estimate of drug-likeness (QED) is 0.441. The molecule has 0 aromatic heterocycles. The van der Waals surface area contributed by atoms with Gasteiger partial charge in [-0.15, -0.1) is 0 Å². The zero-order valence-corrected chi connectivity index (χ0v) is 10.2. The van der Waals surface area contributed by atoms with Crippen LogP contribution in [0.3, 0.4) is 0 Å². The van der Waals surface area contributed by atoms with Gasteiger partial charge >= 0.3 is 5.97 Å². The van der Waals surface area contributed by atoms with Crippen LogP contribution in [0.15, 0.2) is 0 Å². The van der Waals surface area contributed by atoms with Crippen LogP contribution in [-0.2, 0) is 19.0 Å². The summed E-state index contributed by atoms with van der Waals surface area (Å²) in [6, 6.07) is 0. The number of hydrogen-bond donors (Lipinski definition) is 1. The summed E-state index contributed by atoms with van der Waals surface area (Å²) in [5, 5.41) is 0. The molecule has 0 radical (unpaired) electrons. The lowest BCUT2D eigenvalue weighted by Gasteiger charge is -2.08. The Morgan fingerprint density at radius 3 is 2.62 bits per heavy atom. The maximum absolute atomic E-state index is 11.2. The van der Waals surface area contributed by atoms with Crippen LogP contribution in [0.25, 0.3) is 0 Å². The highest BCUT2D eigenvalue weighted by molar-refractivity contribution is 5.69. The van der Waals surface area contributed by atoms with Gasteiger partial charge in [-0.05, 0) is 12.5 Å². The topological polar surface area (TPSA) is 70.8 Å². The molecule has 0 heterocycles. The predicted molar refractivity (Wildman–Crippen MR) is 61.1 cm³/mol. The Morgan fingerprint density at radius 2 is 2.00 bits per heavy atom. The number of ether oxygens (including phenoxy) is 3. The van der Waals surface area contributed by atoms with Crippen molar-refractivity contribution in [1.29, 1.82) is 0 Å². The van der Waals surface area contributed by atoms with Crippen LogP contribution < -0.4 is 5.73 Å². The molecule has 0 aromatic rings. The summed E-state index contributed by atoms with van der Waals surface area (Å²) >= 11 is 0. The molecule has 0 aliphatic heterocycles. The summed E-state index contributed by atoms with van der Waals surface area (Å²) in [6.45, 7) is 4.60. The zero-order valence-electron chi connectivity index (χ0n) is 10.2. The summed E-state index contributed by atoms with van der Waals surface area (Å²) < 4.78 is 15.1. The van der Waals surface area contributed by atoms with Crippen molar-refractivity contribution in [3.8, 4) is 0 Å². The average Bonchev–Trinajstić information content (AvgIpc) is 2.27. The third-order valence-electron chi connectivity index (χ3n) is 2.05. The van der Waals surface area contributed by atoms with E-state index in [2.05, 4.69) is 0 Å². The van der Waals surface area contributed by atoms with Crippen molar-refractivity contribution in [3.05, 3.63) is 0 Å². The first-order valence-electron chi connectivity index (χ1n) is 5.63. The van der Waals surface area contributed by atoms with Gasteiger partial charge in [0.2, 0.25) is 0 Å². The molecule has 0 amide bonds. The number of nitrogens with two attached hydrogens (primary N) is 1. The molecule has 0 aliphatic rings. The second-order valence-corrected chi connectivity index (χ2v) is 3.72.